The zero-order valence-corrected chi connectivity index (χ0v) is 15.5. The van der Waals surface area contributed by atoms with Gasteiger partial charge in [-0.15, -0.1) is 23.1 Å². The molecule has 0 aliphatic carbocycles. The Bertz CT molecular complexity index is 866. The number of amides is 2. The molecule has 13 heteroatoms. The van der Waals surface area contributed by atoms with Crippen molar-refractivity contribution in [2.75, 3.05) is 25.2 Å². The van der Waals surface area contributed by atoms with E-state index < -0.39 is 35.8 Å². The molecule has 2 aliphatic rings. The molecule has 1 fully saturated rings. The molecular weight excluding hydrogens is 398 g/mol. The monoisotopic (exact) mass is 413 g/mol. The summed E-state index contributed by atoms with van der Waals surface area (Å²) in [5.41, 5.74) is 5.62. The molecule has 144 valence electrons. The summed E-state index contributed by atoms with van der Waals surface area (Å²) < 4.78 is 0. The summed E-state index contributed by atoms with van der Waals surface area (Å²) in [6, 6.07) is -0.935. The van der Waals surface area contributed by atoms with Crippen LogP contribution in [0.4, 0.5) is 5.13 Å². The Hall–Kier alpha value is -2.64. The number of aromatic nitrogens is 1. The number of nitrogens with one attached hydrogen (secondary N) is 1. The van der Waals surface area contributed by atoms with Crippen molar-refractivity contribution < 1.29 is 29.4 Å². The fourth-order valence-electron chi connectivity index (χ4n) is 2.71. The summed E-state index contributed by atoms with van der Waals surface area (Å²) in [4.78, 5) is 46.2. The van der Waals surface area contributed by atoms with E-state index in [1.54, 1.807) is 0 Å². The lowest BCUT2D eigenvalue weighted by Crippen LogP contribution is -2.71. The zero-order chi connectivity index (χ0) is 19.7. The van der Waals surface area contributed by atoms with Crippen LogP contribution in [0.5, 0.6) is 0 Å². The Morgan fingerprint density at radius 3 is 2.85 bits per heavy atom. The van der Waals surface area contributed by atoms with Gasteiger partial charge in [-0.05, 0) is 5.57 Å². The first-order valence-electron chi connectivity index (χ1n) is 7.53. The summed E-state index contributed by atoms with van der Waals surface area (Å²) in [5.74, 6) is -2.35. The highest BCUT2D eigenvalue weighted by atomic mass is 32.2. The van der Waals surface area contributed by atoms with Crippen molar-refractivity contribution >= 4 is 51.7 Å². The SMILES string of the molecule is CO/N=C(\C(=O)NC1C(=O)N2C(C(=O)O)=C(CO)CS[C@@H]12)c1csc(N)n1. The molecule has 0 aromatic carbocycles. The summed E-state index contributed by atoms with van der Waals surface area (Å²) in [6.07, 6.45) is 0. The van der Waals surface area contributed by atoms with Crippen molar-refractivity contribution in [2.45, 2.75) is 11.4 Å². The number of carbonyl (C=O) groups is 3. The summed E-state index contributed by atoms with van der Waals surface area (Å²) in [6.45, 7) is -0.460. The smallest absolute Gasteiger partial charge is 0.352 e. The number of nitrogens with zero attached hydrogens (tertiary/aromatic N) is 3. The van der Waals surface area contributed by atoms with Gasteiger partial charge in [0.2, 0.25) is 0 Å². The second-order valence-electron chi connectivity index (χ2n) is 5.47. The van der Waals surface area contributed by atoms with E-state index in [4.69, 9.17) is 5.73 Å². The van der Waals surface area contributed by atoms with Gasteiger partial charge in [-0.2, -0.15) is 0 Å². The molecule has 0 saturated carbocycles. The minimum atomic E-state index is -1.30. The summed E-state index contributed by atoms with van der Waals surface area (Å²) in [5, 5.41) is 26.0. The molecule has 1 aromatic rings. The minimum Gasteiger partial charge on any atom is -0.477 e. The van der Waals surface area contributed by atoms with E-state index in [1.807, 2.05) is 0 Å². The molecule has 2 aliphatic heterocycles. The van der Waals surface area contributed by atoms with Crippen LogP contribution < -0.4 is 11.1 Å². The molecule has 1 saturated heterocycles. The molecule has 27 heavy (non-hydrogen) atoms. The van der Waals surface area contributed by atoms with Crippen molar-refractivity contribution in [3.05, 3.63) is 22.3 Å². The molecule has 3 heterocycles. The number of thiazole rings is 1. The summed E-state index contributed by atoms with van der Waals surface area (Å²) in [7, 11) is 1.26. The number of fused-ring (bicyclic) bond motifs is 1. The molecular formula is C14H15N5O6S2. The maximum absolute atomic E-state index is 12.6. The summed E-state index contributed by atoms with van der Waals surface area (Å²) >= 11 is 2.37. The van der Waals surface area contributed by atoms with Crippen LogP contribution in [-0.2, 0) is 19.2 Å². The molecule has 11 nitrogen and oxygen atoms in total. The number of thioether (sulfide) groups is 1. The van der Waals surface area contributed by atoms with Crippen LogP contribution in [0.3, 0.4) is 0 Å². The van der Waals surface area contributed by atoms with E-state index in [2.05, 4.69) is 20.3 Å². The first kappa shape index (κ1) is 19.1. The van der Waals surface area contributed by atoms with E-state index in [1.165, 1.54) is 24.3 Å². The van der Waals surface area contributed by atoms with E-state index in [9.17, 15) is 24.6 Å². The maximum Gasteiger partial charge on any atom is 0.352 e. The molecule has 0 radical (unpaired) electrons. The van der Waals surface area contributed by atoms with Crippen LogP contribution in [0.25, 0.3) is 0 Å². The first-order valence-corrected chi connectivity index (χ1v) is 9.46. The standard InChI is InChI=1S/C14H15N5O6S2/c1-25-18-7(6-4-27-14(15)16-6)10(21)17-8-11(22)19-9(13(23)24)5(2-20)3-26-12(8)19/h4,8,12,20H,2-3H2,1H3,(H2,15,16)(H,17,21)(H,23,24)/b18-7-/t8?,12-/m0/s1. The van der Waals surface area contributed by atoms with Crippen LogP contribution in [0.15, 0.2) is 21.8 Å². The van der Waals surface area contributed by atoms with Gasteiger partial charge >= 0.3 is 5.97 Å². The number of hydrogen-bond acceptors (Lipinski definition) is 10. The third kappa shape index (κ3) is 3.36. The number of oxime groups is 1. The molecule has 1 unspecified atom stereocenters. The highest BCUT2D eigenvalue weighted by molar-refractivity contribution is 8.00. The van der Waals surface area contributed by atoms with Gasteiger partial charge in [0.15, 0.2) is 10.8 Å². The number of carbonyl (C=O) groups excluding carboxylic acids is 2. The van der Waals surface area contributed by atoms with Gasteiger partial charge in [0.05, 0.1) is 6.61 Å². The van der Waals surface area contributed by atoms with Crippen LogP contribution in [0, 0.1) is 0 Å². The fraction of sp³-hybridized carbons (Fsp3) is 0.357. The fourth-order valence-corrected chi connectivity index (χ4v) is 4.59. The van der Waals surface area contributed by atoms with Gasteiger partial charge in [-0.3, -0.25) is 14.5 Å². The molecule has 2 atom stereocenters. The van der Waals surface area contributed by atoms with Crippen molar-refractivity contribution in [3.63, 3.8) is 0 Å². The number of aliphatic hydroxyl groups excluding tert-OH is 1. The third-order valence-electron chi connectivity index (χ3n) is 3.89. The van der Waals surface area contributed by atoms with Gasteiger partial charge < -0.3 is 26.1 Å². The Kier molecular flexibility index (Phi) is 5.34. The van der Waals surface area contributed by atoms with Crippen molar-refractivity contribution in [2.24, 2.45) is 5.16 Å². The predicted octanol–water partition coefficient (Wildman–Crippen LogP) is -1.19. The van der Waals surface area contributed by atoms with Crippen LogP contribution in [0.1, 0.15) is 5.69 Å². The molecule has 5 N–H and O–H groups in total. The Morgan fingerprint density at radius 1 is 1.56 bits per heavy atom. The van der Waals surface area contributed by atoms with Gasteiger partial charge in [-0.1, -0.05) is 5.16 Å². The van der Waals surface area contributed by atoms with E-state index >= 15 is 0 Å². The quantitative estimate of drug-likeness (QED) is 0.254. The molecule has 0 spiro atoms. The van der Waals surface area contributed by atoms with E-state index in [0.717, 1.165) is 16.2 Å². The second-order valence-corrected chi connectivity index (χ2v) is 7.46. The van der Waals surface area contributed by atoms with Crippen molar-refractivity contribution in [1.29, 1.82) is 0 Å². The molecule has 1 aromatic heterocycles. The van der Waals surface area contributed by atoms with Crippen LogP contribution >= 0.6 is 23.1 Å². The Balaban J connectivity index is 1.79. The Morgan fingerprint density at radius 2 is 2.30 bits per heavy atom. The maximum atomic E-state index is 12.6. The van der Waals surface area contributed by atoms with Crippen molar-refractivity contribution in [1.82, 2.24) is 15.2 Å². The number of β-lactam (4-membered cyclic amide) rings is 1. The zero-order valence-electron chi connectivity index (χ0n) is 13.9. The second kappa shape index (κ2) is 7.54. The third-order valence-corrected chi connectivity index (χ3v) is 5.90. The number of nitrogen functional groups attached to an aromatic ring is 1. The van der Waals surface area contributed by atoms with Gasteiger partial charge in [0.1, 0.15) is 29.9 Å². The highest BCUT2D eigenvalue weighted by Crippen LogP contribution is 2.40. The van der Waals surface area contributed by atoms with Gasteiger partial charge in [0, 0.05) is 11.1 Å². The normalized spacial score (nSPS) is 22.2. The topological polar surface area (TPSA) is 167 Å². The number of anilines is 1. The number of aliphatic carboxylic acids is 1. The van der Waals surface area contributed by atoms with Crippen LogP contribution in [-0.4, -0.2) is 74.5 Å². The number of carboxylic acid groups (broad SMARTS) is 1. The number of nitrogens with two attached hydrogens (primary N) is 1. The van der Waals surface area contributed by atoms with E-state index in [0.29, 0.717) is 0 Å². The average molecular weight is 413 g/mol. The van der Waals surface area contributed by atoms with Gasteiger partial charge in [-0.25, -0.2) is 9.78 Å². The number of aliphatic hydroxyl groups is 1. The van der Waals surface area contributed by atoms with Crippen molar-refractivity contribution in [3.8, 4) is 0 Å². The molecule has 3 rings (SSSR count). The number of carboxylic acids is 1. The van der Waals surface area contributed by atoms with Crippen LogP contribution in [0.2, 0.25) is 0 Å². The lowest BCUT2D eigenvalue weighted by atomic mass is 10.0. The lowest BCUT2D eigenvalue weighted by Gasteiger charge is -2.49. The average Bonchev–Trinajstić information content (AvgIpc) is 3.08. The number of rotatable bonds is 6. The Labute approximate surface area is 160 Å². The van der Waals surface area contributed by atoms with E-state index in [-0.39, 0.29) is 33.6 Å². The predicted molar refractivity (Wildman–Crippen MR) is 96.8 cm³/mol. The lowest BCUT2D eigenvalue weighted by molar-refractivity contribution is -0.150. The molecule has 2 amide bonds. The largest absolute Gasteiger partial charge is 0.477 e. The minimum absolute atomic E-state index is 0.150. The highest BCUT2D eigenvalue weighted by Gasteiger charge is 2.54. The first-order chi connectivity index (χ1) is 12.9. The molecule has 0 bridgehead atoms. The number of hydrogen-bond donors (Lipinski definition) is 4. The van der Waals surface area contributed by atoms with Gasteiger partial charge in [0.25, 0.3) is 11.8 Å².